The summed E-state index contributed by atoms with van der Waals surface area (Å²) in [4.78, 5) is 12.0. The van der Waals surface area contributed by atoms with Gasteiger partial charge in [-0.05, 0) is 11.6 Å². The summed E-state index contributed by atoms with van der Waals surface area (Å²) in [5.41, 5.74) is 6.91. The number of nitrogens with two attached hydrogens (primary N) is 1. The van der Waals surface area contributed by atoms with Crippen LogP contribution in [0.25, 0.3) is 0 Å². The molecule has 2 aromatic rings. The van der Waals surface area contributed by atoms with Gasteiger partial charge in [0.25, 0.3) is 0 Å². The van der Waals surface area contributed by atoms with E-state index < -0.39 is 11.9 Å². The molecule has 1 aromatic heterocycles. The Hall–Kier alpha value is -1.72. The van der Waals surface area contributed by atoms with Crippen molar-refractivity contribution in [2.24, 2.45) is 12.8 Å². The molecule has 0 radical (unpaired) electrons. The van der Waals surface area contributed by atoms with Gasteiger partial charge in [-0.25, -0.2) is 4.39 Å². The summed E-state index contributed by atoms with van der Waals surface area (Å²) < 4.78 is 14.8. The molecule has 0 aliphatic carbocycles. The van der Waals surface area contributed by atoms with Crippen LogP contribution in [0, 0.1) is 5.82 Å². The SMILES string of the molecule is Cn1cc(C(N)C(=O)Cc2cccc(F)c2Cl)cn1. The molecule has 4 nitrogen and oxygen atoms in total. The van der Waals surface area contributed by atoms with E-state index in [1.165, 1.54) is 18.3 Å². The molecule has 1 unspecified atom stereocenters. The van der Waals surface area contributed by atoms with Gasteiger partial charge in [0.2, 0.25) is 0 Å². The van der Waals surface area contributed by atoms with Gasteiger partial charge in [0.05, 0.1) is 17.3 Å². The number of aryl methyl sites for hydroxylation is 1. The van der Waals surface area contributed by atoms with Gasteiger partial charge in [-0.2, -0.15) is 5.10 Å². The van der Waals surface area contributed by atoms with E-state index in [2.05, 4.69) is 5.10 Å². The molecule has 0 amide bonds. The van der Waals surface area contributed by atoms with Crippen LogP contribution in [0.3, 0.4) is 0 Å². The predicted molar refractivity (Wildman–Crippen MR) is 70.3 cm³/mol. The molecule has 6 heteroatoms. The largest absolute Gasteiger partial charge is 0.318 e. The van der Waals surface area contributed by atoms with Crippen molar-refractivity contribution in [2.75, 3.05) is 0 Å². The zero-order valence-electron chi connectivity index (χ0n) is 10.3. The maximum atomic E-state index is 13.3. The minimum absolute atomic E-state index is 0.00729. The van der Waals surface area contributed by atoms with Crippen LogP contribution < -0.4 is 5.73 Å². The van der Waals surface area contributed by atoms with Crippen LogP contribution >= 0.6 is 11.6 Å². The van der Waals surface area contributed by atoms with E-state index in [1.807, 2.05) is 0 Å². The third-order valence-corrected chi connectivity index (χ3v) is 3.25. The number of rotatable bonds is 4. The average Bonchev–Trinajstić information content (AvgIpc) is 2.80. The topological polar surface area (TPSA) is 60.9 Å². The van der Waals surface area contributed by atoms with Crippen LogP contribution in [0.2, 0.25) is 5.02 Å². The summed E-state index contributed by atoms with van der Waals surface area (Å²) in [5.74, 6) is -0.776. The summed E-state index contributed by atoms with van der Waals surface area (Å²) in [7, 11) is 1.74. The molecule has 2 rings (SSSR count). The molecule has 0 aliphatic heterocycles. The molecule has 0 saturated carbocycles. The monoisotopic (exact) mass is 281 g/mol. The maximum Gasteiger partial charge on any atom is 0.158 e. The first-order valence-electron chi connectivity index (χ1n) is 5.68. The summed E-state index contributed by atoms with van der Waals surface area (Å²) in [6, 6.07) is 3.59. The smallest absolute Gasteiger partial charge is 0.158 e. The van der Waals surface area contributed by atoms with Crippen LogP contribution in [0.5, 0.6) is 0 Å². The van der Waals surface area contributed by atoms with E-state index in [4.69, 9.17) is 17.3 Å². The van der Waals surface area contributed by atoms with Crippen LogP contribution in [-0.4, -0.2) is 15.6 Å². The zero-order valence-corrected chi connectivity index (χ0v) is 11.1. The quantitative estimate of drug-likeness (QED) is 0.933. The van der Waals surface area contributed by atoms with Gasteiger partial charge in [-0.3, -0.25) is 9.48 Å². The van der Waals surface area contributed by atoms with Gasteiger partial charge in [0, 0.05) is 25.2 Å². The molecule has 100 valence electrons. The van der Waals surface area contributed by atoms with Crippen molar-refractivity contribution in [3.8, 4) is 0 Å². The first kappa shape index (κ1) is 13.7. The van der Waals surface area contributed by atoms with Gasteiger partial charge < -0.3 is 5.73 Å². The van der Waals surface area contributed by atoms with Crippen LogP contribution in [-0.2, 0) is 18.3 Å². The molecule has 0 fully saturated rings. The number of ketones is 1. The molecule has 2 N–H and O–H groups in total. The number of Topliss-reactive ketones (excluding diaryl/α,β-unsaturated/α-hetero) is 1. The Morgan fingerprint density at radius 1 is 1.58 bits per heavy atom. The van der Waals surface area contributed by atoms with Gasteiger partial charge in [-0.15, -0.1) is 0 Å². The second-order valence-corrected chi connectivity index (χ2v) is 4.66. The standard InChI is InChI=1S/C13H13ClFN3O/c1-18-7-9(6-17-18)13(16)11(19)5-8-3-2-4-10(15)12(8)14/h2-4,6-7,13H,5,16H2,1H3. The number of benzene rings is 1. The van der Waals surface area contributed by atoms with Crippen LogP contribution in [0.1, 0.15) is 17.2 Å². The zero-order chi connectivity index (χ0) is 14.0. The van der Waals surface area contributed by atoms with Crippen LogP contribution in [0.4, 0.5) is 4.39 Å². The van der Waals surface area contributed by atoms with E-state index in [-0.39, 0.29) is 17.2 Å². The number of aromatic nitrogens is 2. The van der Waals surface area contributed by atoms with Gasteiger partial charge in [0.1, 0.15) is 5.82 Å². The van der Waals surface area contributed by atoms with Crippen molar-refractivity contribution in [1.82, 2.24) is 9.78 Å². The number of carbonyl (C=O) groups is 1. The van der Waals surface area contributed by atoms with E-state index in [9.17, 15) is 9.18 Å². The Morgan fingerprint density at radius 2 is 2.32 bits per heavy atom. The Bertz CT molecular complexity index is 612. The summed E-state index contributed by atoms with van der Waals surface area (Å²) in [5, 5.41) is 3.92. The Balaban J connectivity index is 2.15. The molecule has 0 spiro atoms. The minimum Gasteiger partial charge on any atom is -0.318 e. The second kappa shape index (κ2) is 5.50. The third-order valence-electron chi connectivity index (χ3n) is 2.83. The highest BCUT2D eigenvalue weighted by Crippen LogP contribution is 2.22. The number of hydrogen-bond donors (Lipinski definition) is 1. The summed E-state index contributed by atoms with van der Waals surface area (Å²) >= 11 is 5.81. The molecule has 1 atom stereocenters. The Labute approximate surface area is 115 Å². The molecule has 0 aliphatic rings. The van der Waals surface area contributed by atoms with Gasteiger partial charge in [-0.1, -0.05) is 23.7 Å². The van der Waals surface area contributed by atoms with E-state index in [0.717, 1.165) is 0 Å². The van der Waals surface area contributed by atoms with Gasteiger partial charge in [0.15, 0.2) is 5.78 Å². The first-order chi connectivity index (χ1) is 8.99. The van der Waals surface area contributed by atoms with E-state index in [1.54, 1.807) is 24.0 Å². The van der Waals surface area contributed by atoms with Crippen molar-refractivity contribution < 1.29 is 9.18 Å². The lowest BCUT2D eigenvalue weighted by Gasteiger charge is -2.09. The fraction of sp³-hybridized carbons (Fsp3) is 0.231. The van der Waals surface area contributed by atoms with Crippen molar-refractivity contribution >= 4 is 17.4 Å². The highest BCUT2D eigenvalue weighted by molar-refractivity contribution is 6.31. The number of nitrogens with zero attached hydrogens (tertiary/aromatic N) is 2. The Morgan fingerprint density at radius 3 is 2.95 bits per heavy atom. The molecule has 1 aromatic carbocycles. The van der Waals surface area contributed by atoms with Crippen molar-refractivity contribution in [3.05, 3.63) is 52.6 Å². The number of halogens is 2. The van der Waals surface area contributed by atoms with E-state index in [0.29, 0.717) is 11.1 Å². The summed E-state index contributed by atoms with van der Waals surface area (Å²) in [6.45, 7) is 0. The molecule has 0 bridgehead atoms. The summed E-state index contributed by atoms with van der Waals surface area (Å²) in [6.07, 6.45) is 3.21. The lowest BCUT2D eigenvalue weighted by Crippen LogP contribution is -2.23. The highest BCUT2D eigenvalue weighted by Gasteiger charge is 2.19. The van der Waals surface area contributed by atoms with Crippen LogP contribution in [0.15, 0.2) is 30.6 Å². The first-order valence-corrected chi connectivity index (χ1v) is 6.06. The molecular weight excluding hydrogens is 269 g/mol. The highest BCUT2D eigenvalue weighted by atomic mass is 35.5. The predicted octanol–water partition coefficient (Wildman–Crippen LogP) is 2.02. The molecular formula is C13H13ClFN3O. The normalized spacial score (nSPS) is 12.4. The third kappa shape index (κ3) is 3.00. The second-order valence-electron chi connectivity index (χ2n) is 4.28. The minimum atomic E-state index is -0.784. The maximum absolute atomic E-state index is 13.3. The van der Waals surface area contributed by atoms with E-state index >= 15 is 0 Å². The average molecular weight is 282 g/mol. The fourth-order valence-corrected chi connectivity index (χ4v) is 1.96. The lowest BCUT2D eigenvalue weighted by atomic mass is 10.0. The van der Waals surface area contributed by atoms with Crippen molar-refractivity contribution in [3.63, 3.8) is 0 Å². The molecule has 0 saturated heterocycles. The van der Waals surface area contributed by atoms with Gasteiger partial charge >= 0.3 is 0 Å². The van der Waals surface area contributed by atoms with Crippen molar-refractivity contribution in [2.45, 2.75) is 12.5 Å². The number of carbonyl (C=O) groups excluding carboxylic acids is 1. The number of hydrogen-bond acceptors (Lipinski definition) is 3. The Kier molecular flexibility index (Phi) is 3.97. The van der Waals surface area contributed by atoms with Crippen molar-refractivity contribution in [1.29, 1.82) is 0 Å². The molecule has 1 heterocycles. The lowest BCUT2D eigenvalue weighted by molar-refractivity contribution is -0.119. The molecule has 19 heavy (non-hydrogen) atoms. The fourth-order valence-electron chi connectivity index (χ4n) is 1.77.